The minimum Gasteiger partial charge on any atom is -0.306 e. The molecule has 2 aromatic rings. The standard InChI is InChI=1S/C16H14F2N2/c1-11(13-7-5-12(9-19)6-8-13)20-10-14-3-2-4-15(17)16(14)18/h2-8,11,20H,10H2,1H3. The Morgan fingerprint density at radius 1 is 1.15 bits per heavy atom. The molecular formula is C16H14F2N2. The fourth-order valence-corrected chi connectivity index (χ4v) is 1.91. The maximum Gasteiger partial charge on any atom is 0.163 e. The molecule has 0 radical (unpaired) electrons. The highest BCUT2D eigenvalue weighted by Gasteiger charge is 2.09. The lowest BCUT2D eigenvalue weighted by molar-refractivity contribution is 0.484. The number of rotatable bonds is 4. The number of halogens is 2. The average Bonchev–Trinajstić information content (AvgIpc) is 2.48. The van der Waals surface area contributed by atoms with Gasteiger partial charge in [-0.25, -0.2) is 8.78 Å². The fourth-order valence-electron chi connectivity index (χ4n) is 1.91. The lowest BCUT2D eigenvalue weighted by Crippen LogP contribution is -2.19. The minimum absolute atomic E-state index is 0.0228. The topological polar surface area (TPSA) is 35.8 Å². The Kier molecular flexibility index (Phi) is 4.44. The first-order valence-corrected chi connectivity index (χ1v) is 6.28. The lowest BCUT2D eigenvalue weighted by Gasteiger charge is -2.14. The van der Waals surface area contributed by atoms with Crippen molar-refractivity contribution in [3.05, 3.63) is 70.8 Å². The molecule has 1 N–H and O–H groups in total. The second-order valence-electron chi connectivity index (χ2n) is 4.55. The van der Waals surface area contributed by atoms with Gasteiger partial charge in [0.2, 0.25) is 0 Å². The first-order valence-electron chi connectivity index (χ1n) is 6.28. The highest BCUT2D eigenvalue weighted by molar-refractivity contribution is 5.32. The first kappa shape index (κ1) is 14.2. The van der Waals surface area contributed by atoms with Crippen molar-refractivity contribution >= 4 is 0 Å². The van der Waals surface area contributed by atoms with E-state index in [1.54, 1.807) is 18.2 Å². The van der Waals surface area contributed by atoms with Crippen molar-refractivity contribution in [2.75, 3.05) is 0 Å². The van der Waals surface area contributed by atoms with Gasteiger partial charge in [0.1, 0.15) is 0 Å². The van der Waals surface area contributed by atoms with Crippen molar-refractivity contribution in [1.82, 2.24) is 5.32 Å². The molecule has 2 rings (SSSR count). The number of hydrogen-bond acceptors (Lipinski definition) is 2. The molecule has 0 bridgehead atoms. The molecule has 0 fully saturated rings. The van der Waals surface area contributed by atoms with Crippen molar-refractivity contribution in [1.29, 1.82) is 5.26 Å². The number of hydrogen-bond donors (Lipinski definition) is 1. The quantitative estimate of drug-likeness (QED) is 0.921. The van der Waals surface area contributed by atoms with Crippen LogP contribution in [0, 0.1) is 23.0 Å². The third kappa shape index (κ3) is 3.19. The van der Waals surface area contributed by atoms with Gasteiger partial charge in [-0.1, -0.05) is 24.3 Å². The van der Waals surface area contributed by atoms with Crippen LogP contribution in [-0.2, 0) is 6.54 Å². The summed E-state index contributed by atoms with van der Waals surface area (Å²) in [4.78, 5) is 0. The van der Waals surface area contributed by atoms with E-state index in [1.807, 2.05) is 19.1 Å². The third-order valence-corrected chi connectivity index (χ3v) is 3.17. The lowest BCUT2D eigenvalue weighted by atomic mass is 10.1. The Labute approximate surface area is 116 Å². The van der Waals surface area contributed by atoms with E-state index in [4.69, 9.17) is 5.26 Å². The summed E-state index contributed by atoms with van der Waals surface area (Å²) >= 11 is 0. The molecule has 2 aromatic carbocycles. The molecule has 2 nitrogen and oxygen atoms in total. The van der Waals surface area contributed by atoms with Gasteiger partial charge in [-0.15, -0.1) is 0 Å². The van der Waals surface area contributed by atoms with E-state index in [-0.39, 0.29) is 12.6 Å². The van der Waals surface area contributed by atoms with Gasteiger partial charge < -0.3 is 5.32 Å². The van der Waals surface area contributed by atoms with Crippen LogP contribution in [0.1, 0.15) is 29.7 Å². The predicted octanol–water partition coefficient (Wildman–Crippen LogP) is 3.69. The van der Waals surface area contributed by atoms with Gasteiger partial charge in [-0.05, 0) is 30.7 Å². The van der Waals surface area contributed by atoms with Gasteiger partial charge in [0, 0.05) is 18.2 Å². The molecule has 102 valence electrons. The summed E-state index contributed by atoms with van der Waals surface area (Å²) in [6.45, 7) is 2.17. The van der Waals surface area contributed by atoms with E-state index in [2.05, 4.69) is 11.4 Å². The molecule has 1 unspecified atom stereocenters. The Bertz CT molecular complexity index is 630. The van der Waals surface area contributed by atoms with Crippen LogP contribution in [0.5, 0.6) is 0 Å². The minimum atomic E-state index is -0.838. The second kappa shape index (κ2) is 6.27. The summed E-state index contributed by atoms with van der Waals surface area (Å²) < 4.78 is 26.6. The van der Waals surface area contributed by atoms with Crippen molar-refractivity contribution in [2.45, 2.75) is 19.5 Å². The van der Waals surface area contributed by atoms with E-state index in [0.29, 0.717) is 11.1 Å². The highest BCUT2D eigenvalue weighted by Crippen LogP contribution is 2.16. The van der Waals surface area contributed by atoms with Gasteiger partial charge in [-0.3, -0.25) is 0 Å². The number of nitrogens with zero attached hydrogens (tertiary/aromatic N) is 1. The summed E-state index contributed by atoms with van der Waals surface area (Å²) in [7, 11) is 0. The third-order valence-electron chi connectivity index (χ3n) is 3.17. The van der Waals surface area contributed by atoms with Crippen LogP contribution in [0.2, 0.25) is 0 Å². The average molecular weight is 272 g/mol. The maximum absolute atomic E-state index is 13.5. The number of nitriles is 1. The number of nitrogens with one attached hydrogen (secondary N) is 1. The summed E-state index contributed by atoms with van der Waals surface area (Å²) in [5, 5.41) is 11.9. The molecule has 0 saturated heterocycles. The largest absolute Gasteiger partial charge is 0.306 e. The molecule has 0 saturated carbocycles. The van der Waals surface area contributed by atoms with Crippen LogP contribution in [0.3, 0.4) is 0 Å². The molecule has 0 amide bonds. The summed E-state index contributed by atoms with van der Waals surface area (Å²) in [5.41, 5.74) is 1.88. The zero-order valence-corrected chi connectivity index (χ0v) is 11.0. The maximum atomic E-state index is 13.5. The molecular weight excluding hydrogens is 258 g/mol. The Morgan fingerprint density at radius 3 is 2.50 bits per heavy atom. The Hall–Kier alpha value is -2.25. The van der Waals surface area contributed by atoms with Crippen molar-refractivity contribution in [2.24, 2.45) is 0 Å². The summed E-state index contributed by atoms with van der Waals surface area (Å²) in [5.74, 6) is -1.65. The van der Waals surface area contributed by atoms with Crippen LogP contribution in [0.25, 0.3) is 0 Å². The van der Waals surface area contributed by atoms with Crippen LogP contribution in [0.4, 0.5) is 8.78 Å². The van der Waals surface area contributed by atoms with Crippen molar-refractivity contribution < 1.29 is 8.78 Å². The molecule has 0 heterocycles. The van der Waals surface area contributed by atoms with E-state index < -0.39 is 11.6 Å². The van der Waals surface area contributed by atoms with Crippen LogP contribution in [0.15, 0.2) is 42.5 Å². The Morgan fingerprint density at radius 2 is 1.85 bits per heavy atom. The smallest absolute Gasteiger partial charge is 0.163 e. The zero-order chi connectivity index (χ0) is 14.5. The van der Waals surface area contributed by atoms with Crippen LogP contribution >= 0.6 is 0 Å². The highest BCUT2D eigenvalue weighted by atomic mass is 19.2. The van der Waals surface area contributed by atoms with Crippen molar-refractivity contribution in [3.8, 4) is 6.07 Å². The normalized spacial score (nSPS) is 11.9. The molecule has 1 atom stereocenters. The molecule has 0 aromatic heterocycles. The molecule has 0 aliphatic carbocycles. The van der Waals surface area contributed by atoms with E-state index in [1.165, 1.54) is 6.07 Å². The van der Waals surface area contributed by atoms with Gasteiger partial charge in [-0.2, -0.15) is 5.26 Å². The van der Waals surface area contributed by atoms with Gasteiger partial charge in [0.15, 0.2) is 11.6 Å². The van der Waals surface area contributed by atoms with Gasteiger partial charge in [0.25, 0.3) is 0 Å². The monoisotopic (exact) mass is 272 g/mol. The molecule has 0 aliphatic heterocycles. The zero-order valence-electron chi connectivity index (χ0n) is 11.0. The number of benzene rings is 2. The fraction of sp³-hybridized carbons (Fsp3) is 0.188. The van der Waals surface area contributed by atoms with Gasteiger partial charge in [0.05, 0.1) is 11.6 Å². The predicted molar refractivity (Wildman–Crippen MR) is 72.8 cm³/mol. The summed E-state index contributed by atoms with van der Waals surface area (Å²) in [6.07, 6.45) is 0. The first-order chi connectivity index (χ1) is 9.61. The Balaban J connectivity index is 2.03. The van der Waals surface area contributed by atoms with E-state index in [9.17, 15) is 8.78 Å². The molecule has 20 heavy (non-hydrogen) atoms. The van der Waals surface area contributed by atoms with Crippen LogP contribution < -0.4 is 5.32 Å². The van der Waals surface area contributed by atoms with E-state index in [0.717, 1.165) is 11.6 Å². The second-order valence-corrected chi connectivity index (χ2v) is 4.55. The summed E-state index contributed by atoms with van der Waals surface area (Å²) in [6, 6.07) is 13.3. The van der Waals surface area contributed by atoms with Crippen molar-refractivity contribution in [3.63, 3.8) is 0 Å². The van der Waals surface area contributed by atoms with Crippen LogP contribution in [-0.4, -0.2) is 0 Å². The molecule has 0 aliphatic rings. The van der Waals surface area contributed by atoms with Gasteiger partial charge >= 0.3 is 0 Å². The molecule has 0 spiro atoms. The molecule has 4 heteroatoms. The van der Waals surface area contributed by atoms with E-state index >= 15 is 0 Å². The SMILES string of the molecule is CC(NCc1cccc(F)c1F)c1ccc(C#N)cc1.